The molecule has 2 amide bonds. The molecule has 0 radical (unpaired) electrons. The summed E-state index contributed by atoms with van der Waals surface area (Å²) in [5.74, 6) is 2.50. The summed E-state index contributed by atoms with van der Waals surface area (Å²) in [6, 6.07) is -0.833. The molecule has 56 valence electrons. The summed E-state index contributed by atoms with van der Waals surface area (Å²) in [4.78, 5) is 26.1. The highest BCUT2D eigenvalue weighted by molar-refractivity contribution is 5.69. The van der Waals surface area contributed by atoms with Gasteiger partial charge in [-0.1, -0.05) is 0 Å². The SMILES string of the molecule is C=C=O.C=C=O.NC(N)=O. The minimum atomic E-state index is -0.833. The Morgan fingerprint density at radius 2 is 1.10 bits per heavy atom. The lowest BCUT2D eigenvalue weighted by Gasteiger charge is -1.62. The van der Waals surface area contributed by atoms with Crippen molar-refractivity contribution in [2.45, 2.75) is 0 Å². The number of nitrogens with two attached hydrogens (primary N) is 2. The molecular weight excluding hydrogens is 136 g/mol. The first kappa shape index (κ1) is 15.7. The Bertz CT molecular complexity index is 125. The fraction of sp³-hybridized carbons (Fsp3) is 0. The van der Waals surface area contributed by atoms with Crippen molar-refractivity contribution < 1.29 is 14.4 Å². The highest BCUT2D eigenvalue weighted by Gasteiger charge is 1.60. The van der Waals surface area contributed by atoms with Gasteiger partial charge < -0.3 is 11.5 Å². The second-order valence-corrected chi connectivity index (χ2v) is 0.691. The van der Waals surface area contributed by atoms with Crippen LogP contribution >= 0.6 is 0 Å². The Labute approximate surface area is 58.0 Å². The topological polar surface area (TPSA) is 103 Å². The summed E-state index contributed by atoms with van der Waals surface area (Å²) in [6.45, 7) is 5.36. The van der Waals surface area contributed by atoms with Crippen LogP contribution in [0.3, 0.4) is 0 Å². The molecule has 10 heavy (non-hydrogen) atoms. The van der Waals surface area contributed by atoms with Crippen LogP contribution in [0.1, 0.15) is 0 Å². The predicted molar refractivity (Wildman–Crippen MR) is 36.4 cm³/mol. The summed E-state index contributed by atoms with van der Waals surface area (Å²) in [7, 11) is 0. The maximum atomic E-state index is 9.00. The molecule has 0 bridgehead atoms. The van der Waals surface area contributed by atoms with Crippen LogP contribution in [0, 0.1) is 0 Å². The van der Waals surface area contributed by atoms with Crippen molar-refractivity contribution in [3.63, 3.8) is 0 Å². The second-order valence-electron chi connectivity index (χ2n) is 0.691. The summed E-state index contributed by atoms with van der Waals surface area (Å²) in [5, 5.41) is 0. The average molecular weight is 144 g/mol. The van der Waals surface area contributed by atoms with Crippen LogP contribution < -0.4 is 11.5 Å². The van der Waals surface area contributed by atoms with Gasteiger partial charge >= 0.3 is 6.03 Å². The van der Waals surface area contributed by atoms with Gasteiger partial charge in [0.15, 0.2) is 0 Å². The van der Waals surface area contributed by atoms with Gasteiger partial charge in [0.2, 0.25) is 0 Å². The van der Waals surface area contributed by atoms with Gasteiger partial charge in [-0.25, -0.2) is 14.4 Å². The molecule has 0 heterocycles. The summed E-state index contributed by atoms with van der Waals surface area (Å²) in [5.41, 5.74) is 8.50. The van der Waals surface area contributed by atoms with Gasteiger partial charge in [-0.3, -0.25) is 0 Å². The third-order valence-corrected chi connectivity index (χ3v) is 0. The predicted octanol–water partition coefficient (Wildman–Crippen LogP) is -0.968. The molecule has 5 heteroatoms. The Hall–Kier alpha value is -1.83. The maximum Gasteiger partial charge on any atom is 0.309 e. The van der Waals surface area contributed by atoms with Crippen molar-refractivity contribution in [2.24, 2.45) is 11.5 Å². The molecular formula is C5H8N2O3. The number of primary amides is 2. The highest BCUT2D eigenvalue weighted by atomic mass is 16.2. The van der Waals surface area contributed by atoms with Crippen molar-refractivity contribution in [1.82, 2.24) is 0 Å². The molecule has 0 aromatic rings. The first-order valence-corrected chi connectivity index (χ1v) is 1.90. The number of hydrogen-bond acceptors (Lipinski definition) is 3. The molecule has 0 aromatic heterocycles. The van der Waals surface area contributed by atoms with Crippen molar-refractivity contribution >= 4 is 17.9 Å². The van der Waals surface area contributed by atoms with E-state index in [0.29, 0.717) is 0 Å². The van der Waals surface area contributed by atoms with E-state index in [2.05, 4.69) is 24.6 Å². The molecule has 0 unspecified atom stereocenters. The van der Waals surface area contributed by atoms with Gasteiger partial charge in [-0.2, -0.15) is 0 Å². The van der Waals surface area contributed by atoms with Gasteiger partial charge in [0.05, 0.1) is 0 Å². The zero-order chi connectivity index (χ0) is 8.99. The molecule has 0 fully saturated rings. The minimum absolute atomic E-state index is 0.833. The molecule has 0 aromatic carbocycles. The standard InChI is InChI=1S/2C2H2O.CH4N2O/c2*1-2-3;2-1(3)4/h2*1H2;(H4,2,3,4). The van der Waals surface area contributed by atoms with Crippen LogP contribution in [-0.2, 0) is 9.59 Å². The number of carbonyl (C=O) groups is 1. The fourth-order valence-corrected chi connectivity index (χ4v) is 0. The van der Waals surface area contributed by atoms with E-state index in [0.717, 1.165) is 0 Å². The van der Waals surface area contributed by atoms with E-state index in [1.807, 2.05) is 0 Å². The molecule has 5 nitrogen and oxygen atoms in total. The average Bonchev–Trinajstić information content (AvgIpc) is 1.65. The summed E-state index contributed by atoms with van der Waals surface area (Å²) >= 11 is 0. The van der Waals surface area contributed by atoms with E-state index in [1.54, 1.807) is 0 Å². The summed E-state index contributed by atoms with van der Waals surface area (Å²) in [6.07, 6.45) is 0. The Balaban J connectivity index is -0.0000000750. The van der Waals surface area contributed by atoms with Gasteiger partial charge in [0, 0.05) is 0 Å². The van der Waals surface area contributed by atoms with Gasteiger partial charge in [-0.15, -0.1) is 0 Å². The quantitative estimate of drug-likeness (QED) is 0.427. The lowest BCUT2D eigenvalue weighted by molar-refractivity contribution is 0.256. The first-order valence-electron chi connectivity index (χ1n) is 1.90. The molecule has 0 spiro atoms. The molecule has 0 atom stereocenters. The van der Waals surface area contributed by atoms with E-state index >= 15 is 0 Å². The zero-order valence-corrected chi connectivity index (χ0v) is 5.29. The van der Waals surface area contributed by atoms with Crippen molar-refractivity contribution in [2.75, 3.05) is 0 Å². The zero-order valence-electron chi connectivity index (χ0n) is 5.29. The molecule has 0 saturated carbocycles. The molecule has 0 aliphatic carbocycles. The number of rotatable bonds is 0. The van der Waals surface area contributed by atoms with E-state index in [-0.39, 0.29) is 0 Å². The molecule has 0 rings (SSSR count). The van der Waals surface area contributed by atoms with E-state index in [9.17, 15) is 0 Å². The fourth-order valence-electron chi connectivity index (χ4n) is 0. The first-order chi connectivity index (χ1) is 4.56. The Morgan fingerprint density at radius 1 is 1.10 bits per heavy atom. The number of carbonyl (C=O) groups excluding carboxylic acids is 3. The second kappa shape index (κ2) is 27.2. The normalized spacial score (nSPS) is 4.00. The smallest absolute Gasteiger partial charge is 0.309 e. The third-order valence-electron chi connectivity index (χ3n) is 0. The largest absolute Gasteiger partial charge is 0.352 e. The van der Waals surface area contributed by atoms with E-state index in [4.69, 9.17) is 14.4 Å². The van der Waals surface area contributed by atoms with Crippen LogP contribution in [0.4, 0.5) is 4.79 Å². The minimum Gasteiger partial charge on any atom is -0.352 e. The Kier molecular flexibility index (Phi) is 42.7. The summed E-state index contributed by atoms with van der Waals surface area (Å²) < 4.78 is 0. The maximum absolute atomic E-state index is 9.00. The van der Waals surface area contributed by atoms with Crippen LogP contribution in [-0.4, -0.2) is 17.9 Å². The highest BCUT2D eigenvalue weighted by Crippen LogP contribution is 1.25. The van der Waals surface area contributed by atoms with Crippen LogP contribution in [0.5, 0.6) is 0 Å². The van der Waals surface area contributed by atoms with Crippen molar-refractivity contribution in [3.05, 3.63) is 13.2 Å². The monoisotopic (exact) mass is 144 g/mol. The molecule has 0 saturated heterocycles. The van der Waals surface area contributed by atoms with Crippen LogP contribution in [0.15, 0.2) is 13.2 Å². The lowest BCUT2D eigenvalue weighted by Crippen LogP contribution is -2.18. The number of hydrogen-bond donors (Lipinski definition) is 2. The van der Waals surface area contributed by atoms with Gasteiger partial charge in [-0.05, 0) is 13.2 Å². The van der Waals surface area contributed by atoms with Crippen molar-refractivity contribution in [3.8, 4) is 0 Å². The molecule has 0 aliphatic rings. The Morgan fingerprint density at radius 3 is 1.10 bits per heavy atom. The molecule has 0 aliphatic heterocycles. The van der Waals surface area contributed by atoms with Crippen molar-refractivity contribution in [1.29, 1.82) is 0 Å². The van der Waals surface area contributed by atoms with Crippen LogP contribution in [0.25, 0.3) is 0 Å². The van der Waals surface area contributed by atoms with Gasteiger partial charge in [0.1, 0.15) is 11.9 Å². The van der Waals surface area contributed by atoms with Gasteiger partial charge in [0.25, 0.3) is 0 Å². The third kappa shape index (κ3) is 49.2. The van der Waals surface area contributed by atoms with E-state index in [1.165, 1.54) is 11.9 Å². The van der Waals surface area contributed by atoms with Crippen LogP contribution in [0.2, 0.25) is 0 Å². The molecule has 4 N–H and O–H groups in total. The number of urea groups is 1. The van der Waals surface area contributed by atoms with E-state index < -0.39 is 6.03 Å². The number of amides is 2. The lowest BCUT2D eigenvalue weighted by atomic mass is 11.2.